The highest BCUT2D eigenvalue weighted by Crippen LogP contribution is 2.27. The van der Waals surface area contributed by atoms with Crippen molar-refractivity contribution in [1.29, 1.82) is 0 Å². The molecular formula is C19H26N2O2. The van der Waals surface area contributed by atoms with Crippen LogP contribution in [0.1, 0.15) is 48.9 Å². The molecule has 4 heteroatoms. The highest BCUT2D eigenvalue weighted by molar-refractivity contribution is 5.94. The summed E-state index contributed by atoms with van der Waals surface area (Å²) < 4.78 is 0. The Kier molecular flexibility index (Phi) is 5.31. The van der Waals surface area contributed by atoms with Gasteiger partial charge in [-0.1, -0.05) is 37.5 Å². The minimum atomic E-state index is 0.0741. The standard InChI is InChI=1S/C19H26N2O2/c22-18(15-16-7-3-1-4-8-16)20-11-13-21(14-12-20)19(23)17-9-5-2-6-10-17/h2,5-6,9-10,16H,1,3-4,7-8,11-15H2. The maximum absolute atomic E-state index is 12.4. The third-order valence-electron chi connectivity index (χ3n) is 5.13. The summed E-state index contributed by atoms with van der Waals surface area (Å²) in [5.74, 6) is 0.939. The van der Waals surface area contributed by atoms with Crippen LogP contribution >= 0.6 is 0 Å². The lowest BCUT2D eigenvalue weighted by atomic mass is 9.86. The fourth-order valence-electron chi connectivity index (χ4n) is 3.69. The first kappa shape index (κ1) is 16.0. The Hall–Kier alpha value is -1.84. The Bertz CT molecular complexity index is 530. The molecule has 1 aliphatic heterocycles. The Balaban J connectivity index is 1.48. The number of piperazine rings is 1. The van der Waals surface area contributed by atoms with Crippen molar-refractivity contribution in [2.45, 2.75) is 38.5 Å². The van der Waals surface area contributed by atoms with E-state index < -0.39 is 0 Å². The first-order valence-electron chi connectivity index (χ1n) is 8.86. The predicted octanol–water partition coefficient (Wildman–Crippen LogP) is 2.94. The van der Waals surface area contributed by atoms with E-state index in [0.717, 1.165) is 5.56 Å². The van der Waals surface area contributed by atoms with Crippen LogP contribution in [-0.2, 0) is 4.79 Å². The van der Waals surface area contributed by atoms with E-state index in [1.54, 1.807) is 0 Å². The lowest BCUT2D eigenvalue weighted by molar-refractivity contribution is -0.133. The van der Waals surface area contributed by atoms with Crippen LogP contribution in [-0.4, -0.2) is 47.8 Å². The van der Waals surface area contributed by atoms with Crippen LogP contribution in [0.5, 0.6) is 0 Å². The van der Waals surface area contributed by atoms with Gasteiger partial charge in [0.25, 0.3) is 5.91 Å². The molecule has 2 amide bonds. The molecule has 1 aromatic rings. The molecule has 1 saturated carbocycles. The Morgan fingerprint density at radius 1 is 0.870 bits per heavy atom. The van der Waals surface area contributed by atoms with Crippen molar-refractivity contribution in [1.82, 2.24) is 9.80 Å². The third-order valence-corrected chi connectivity index (χ3v) is 5.13. The van der Waals surface area contributed by atoms with Gasteiger partial charge in [-0.25, -0.2) is 0 Å². The highest BCUT2D eigenvalue weighted by atomic mass is 16.2. The van der Waals surface area contributed by atoms with Crippen molar-refractivity contribution in [3.63, 3.8) is 0 Å². The van der Waals surface area contributed by atoms with Gasteiger partial charge in [0.2, 0.25) is 5.91 Å². The van der Waals surface area contributed by atoms with Crippen molar-refractivity contribution >= 4 is 11.8 Å². The molecule has 1 aliphatic carbocycles. The average Bonchev–Trinajstić information content (AvgIpc) is 2.63. The number of carbonyl (C=O) groups is 2. The summed E-state index contributed by atoms with van der Waals surface area (Å²) in [6, 6.07) is 9.39. The van der Waals surface area contributed by atoms with Gasteiger partial charge < -0.3 is 9.80 Å². The topological polar surface area (TPSA) is 40.6 Å². The summed E-state index contributed by atoms with van der Waals surface area (Å²) in [6.07, 6.45) is 6.99. The molecule has 0 unspecified atom stereocenters. The Labute approximate surface area is 138 Å². The molecule has 1 saturated heterocycles. The molecule has 1 aromatic carbocycles. The molecule has 0 aromatic heterocycles. The van der Waals surface area contributed by atoms with Crippen LogP contribution in [0.4, 0.5) is 0 Å². The van der Waals surface area contributed by atoms with Gasteiger partial charge in [0.05, 0.1) is 0 Å². The summed E-state index contributed by atoms with van der Waals surface area (Å²) >= 11 is 0. The summed E-state index contributed by atoms with van der Waals surface area (Å²) in [6.45, 7) is 2.63. The number of nitrogens with zero attached hydrogens (tertiary/aromatic N) is 2. The molecule has 0 radical (unpaired) electrons. The molecular weight excluding hydrogens is 288 g/mol. The second-order valence-electron chi connectivity index (χ2n) is 6.75. The zero-order valence-corrected chi connectivity index (χ0v) is 13.7. The quantitative estimate of drug-likeness (QED) is 0.860. The normalized spacial score (nSPS) is 19.7. The SMILES string of the molecule is O=C(CC1CCCCC1)N1CCN(C(=O)c2ccccc2)CC1. The molecule has 0 spiro atoms. The second kappa shape index (κ2) is 7.62. The average molecular weight is 314 g/mol. The second-order valence-corrected chi connectivity index (χ2v) is 6.75. The van der Waals surface area contributed by atoms with Gasteiger partial charge in [0.15, 0.2) is 0 Å². The first-order chi connectivity index (χ1) is 11.2. The fourth-order valence-corrected chi connectivity index (χ4v) is 3.69. The van der Waals surface area contributed by atoms with Crippen LogP contribution in [0.25, 0.3) is 0 Å². The van der Waals surface area contributed by atoms with Crippen LogP contribution in [0.2, 0.25) is 0 Å². The highest BCUT2D eigenvalue weighted by Gasteiger charge is 2.26. The lowest BCUT2D eigenvalue weighted by Crippen LogP contribution is -2.50. The van der Waals surface area contributed by atoms with E-state index in [9.17, 15) is 9.59 Å². The predicted molar refractivity (Wildman–Crippen MR) is 90.1 cm³/mol. The van der Waals surface area contributed by atoms with E-state index in [1.807, 2.05) is 40.1 Å². The number of hydrogen-bond acceptors (Lipinski definition) is 2. The minimum absolute atomic E-state index is 0.0741. The molecule has 2 aliphatic rings. The molecule has 23 heavy (non-hydrogen) atoms. The number of hydrogen-bond donors (Lipinski definition) is 0. The van der Waals surface area contributed by atoms with Gasteiger partial charge in [-0.15, -0.1) is 0 Å². The van der Waals surface area contributed by atoms with E-state index in [-0.39, 0.29) is 11.8 Å². The third kappa shape index (κ3) is 4.12. The van der Waals surface area contributed by atoms with Gasteiger partial charge >= 0.3 is 0 Å². The van der Waals surface area contributed by atoms with E-state index in [4.69, 9.17) is 0 Å². The van der Waals surface area contributed by atoms with E-state index >= 15 is 0 Å². The van der Waals surface area contributed by atoms with Crippen LogP contribution in [0, 0.1) is 5.92 Å². The fraction of sp³-hybridized carbons (Fsp3) is 0.579. The van der Waals surface area contributed by atoms with E-state index in [2.05, 4.69) is 0 Å². The largest absolute Gasteiger partial charge is 0.339 e. The first-order valence-corrected chi connectivity index (χ1v) is 8.86. The number of rotatable bonds is 3. The number of benzene rings is 1. The Morgan fingerprint density at radius 2 is 1.48 bits per heavy atom. The van der Waals surface area contributed by atoms with Crippen molar-refractivity contribution in [3.05, 3.63) is 35.9 Å². The molecule has 1 heterocycles. The zero-order chi connectivity index (χ0) is 16.1. The van der Waals surface area contributed by atoms with Crippen LogP contribution in [0.15, 0.2) is 30.3 Å². The molecule has 0 atom stereocenters. The molecule has 4 nitrogen and oxygen atoms in total. The van der Waals surface area contributed by atoms with Gasteiger partial charge in [-0.2, -0.15) is 0 Å². The summed E-state index contributed by atoms with van der Waals surface area (Å²) in [5.41, 5.74) is 0.731. The van der Waals surface area contributed by atoms with Crippen LogP contribution in [0.3, 0.4) is 0 Å². The van der Waals surface area contributed by atoms with Gasteiger partial charge in [-0.3, -0.25) is 9.59 Å². The smallest absolute Gasteiger partial charge is 0.253 e. The van der Waals surface area contributed by atoms with Crippen molar-refractivity contribution in [2.75, 3.05) is 26.2 Å². The van der Waals surface area contributed by atoms with E-state index in [0.29, 0.717) is 38.5 Å². The van der Waals surface area contributed by atoms with Crippen LogP contribution < -0.4 is 0 Å². The molecule has 3 rings (SSSR count). The van der Waals surface area contributed by atoms with Crippen molar-refractivity contribution in [3.8, 4) is 0 Å². The molecule has 0 bridgehead atoms. The number of amides is 2. The van der Waals surface area contributed by atoms with E-state index in [1.165, 1.54) is 32.1 Å². The summed E-state index contributed by atoms with van der Waals surface area (Å²) in [4.78, 5) is 28.7. The lowest BCUT2D eigenvalue weighted by Gasteiger charge is -2.35. The maximum Gasteiger partial charge on any atom is 0.253 e. The minimum Gasteiger partial charge on any atom is -0.339 e. The van der Waals surface area contributed by atoms with Crippen molar-refractivity contribution < 1.29 is 9.59 Å². The maximum atomic E-state index is 12.4. The zero-order valence-electron chi connectivity index (χ0n) is 13.7. The number of carbonyl (C=O) groups excluding carboxylic acids is 2. The van der Waals surface area contributed by atoms with Gasteiger partial charge in [-0.05, 0) is 30.9 Å². The molecule has 2 fully saturated rings. The molecule has 124 valence electrons. The monoisotopic (exact) mass is 314 g/mol. The summed E-state index contributed by atoms with van der Waals surface area (Å²) in [5, 5.41) is 0. The van der Waals surface area contributed by atoms with Gasteiger partial charge in [0.1, 0.15) is 0 Å². The van der Waals surface area contributed by atoms with Gasteiger partial charge in [0, 0.05) is 38.2 Å². The summed E-state index contributed by atoms with van der Waals surface area (Å²) in [7, 11) is 0. The van der Waals surface area contributed by atoms with Crippen molar-refractivity contribution in [2.24, 2.45) is 5.92 Å². The molecule has 0 N–H and O–H groups in total. The Morgan fingerprint density at radius 3 is 2.13 bits per heavy atom.